The van der Waals surface area contributed by atoms with Crippen molar-refractivity contribution in [2.75, 3.05) is 18.5 Å². The second-order valence-corrected chi connectivity index (χ2v) is 7.49. The van der Waals surface area contributed by atoms with Gasteiger partial charge in [-0.15, -0.1) is 0 Å². The molecule has 3 aromatic rings. The molecule has 0 radical (unpaired) electrons. The number of amides is 1. The Morgan fingerprint density at radius 3 is 2.74 bits per heavy atom. The molecule has 1 N–H and O–H groups in total. The van der Waals surface area contributed by atoms with Gasteiger partial charge in [0.25, 0.3) is 5.91 Å². The number of rotatable bonds is 8. The molecule has 31 heavy (non-hydrogen) atoms. The van der Waals surface area contributed by atoms with Crippen LogP contribution < -0.4 is 14.8 Å². The van der Waals surface area contributed by atoms with E-state index in [-0.39, 0.29) is 24.3 Å². The summed E-state index contributed by atoms with van der Waals surface area (Å²) in [5, 5.41) is 3.24. The summed E-state index contributed by atoms with van der Waals surface area (Å²) in [6.07, 6.45) is 2.02. The molecule has 1 unspecified atom stereocenters. The number of hydrogen-bond donors (Lipinski definition) is 1. The molecule has 1 aliphatic rings. The van der Waals surface area contributed by atoms with Crippen molar-refractivity contribution in [1.29, 1.82) is 0 Å². The molecule has 0 bridgehead atoms. The van der Waals surface area contributed by atoms with E-state index in [2.05, 4.69) is 5.32 Å². The summed E-state index contributed by atoms with van der Waals surface area (Å²) in [6.45, 7) is 1.24. The van der Waals surface area contributed by atoms with E-state index >= 15 is 0 Å². The minimum atomic E-state index is -0.447. The van der Waals surface area contributed by atoms with Gasteiger partial charge in [-0.05, 0) is 67.4 Å². The Balaban J connectivity index is 1.37. The topological polar surface area (TPSA) is 69.9 Å². The lowest BCUT2D eigenvalue weighted by molar-refractivity contribution is 0.0681. The fraction of sp³-hybridized carbons (Fsp3) is 0.261. The van der Waals surface area contributed by atoms with Crippen molar-refractivity contribution in [3.63, 3.8) is 0 Å². The molecule has 162 valence electrons. The molecule has 8 heteroatoms. The van der Waals surface area contributed by atoms with E-state index in [0.29, 0.717) is 34.6 Å². The lowest BCUT2D eigenvalue weighted by Gasteiger charge is -2.15. The number of carbonyl (C=O) groups is 1. The van der Waals surface area contributed by atoms with E-state index < -0.39 is 5.91 Å². The first kappa shape index (κ1) is 21.2. The first-order chi connectivity index (χ1) is 15.1. The van der Waals surface area contributed by atoms with Crippen LogP contribution in [0.15, 0.2) is 59.0 Å². The number of anilines is 1. The summed E-state index contributed by atoms with van der Waals surface area (Å²) in [5.74, 6) is 0.773. The maximum absolute atomic E-state index is 13.0. The van der Waals surface area contributed by atoms with Gasteiger partial charge in [0, 0.05) is 11.6 Å². The molecule has 0 saturated carbocycles. The zero-order valence-electron chi connectivity index (χ0n) is 16.6. The molecule has 1 saturated heterocycles. The van der Waals surface area contributed by atoms with Gasteiger partial charge >= 0.3 is 0 Å². The van der Waals surface area contributed by atoms with Gasteiger partial charge in [-0.1, -0.05) is 11.6 Å². The van der Waals surface area contributed by atoms with Crippen LogP contribution in [0.4, 0.5) is 10.1 Å². The van der Waals surface area contributed by atoms with Gasteiger partial charge in [-0.25, -0.2) is 4.39 Å². The van der Waals surface area contributed by atoms with Crippen LogP contribution in [0.1, 0.15) is 29.2 Å². The van der Waals surface area contributed by atoms with Gasteiger partial charge in [0.15, 0.2) is 5.76 Å². The maximum atomic E-state index is 13.0. The van der Waals surface area contributed by atoms with Crippen molar-refractivity contribution in [1.82, 2.24) is 0 Å². The van der Waals surface area contributed by atoms with Crippen LogP contribution >= 0.6 is 11.6 Å². The van der Waals surface area contributed by atoms with Crippen LogP contribution in [0.2, 0.25) is 5.02 Å². The van der Waals surface area contributed by atoms with E-state index in [0.717, 1.165) is 19.4 Å². The number of benzene rings is 2. The third-order valence-electron chi connectivity index (χ3n) is 4.72. The summed E-state index contributed by atoms with van der Waals surface area (Å²) in [6, 6.07) is 13.9. The molecule has 1 fully saturated rings. The van der Waals surface area contributed by atoms with Crippen molar-refractivity contribution < 1.29 is 27.8 Å². The van der Waals surface area contributed by atoms with Gasteiger partial charge in [0.05, 0.1) is 11.8 Å². The number of furan rings is 1. The number of nitrogens with one attached hydrogen (secondary N) is 1. The predicted molar refractivity (Wildman–Crippen MR) is 113 cm³/mol. The van der Waals surface area contributed by atoms with Crippen molar-refractivity contribution in [3.05, 3.63) is 77.0 Å². The molecule has 1 aromatic heterocycles. The lowest BCUT2D eigenvalue weighted by atomic mass is 10.2. The largest absolute Gasteiger partial charge is 0.489 e. The normalized spacial score (nSPS) is 15.6. The fourth-order valence-electron chi connectivity index (χ4n) is 3.13. The van der Waals surface area contributed by atoms with Gasteiger partial charge in [0.2, 0.25) is 0 Å². The molecule has 2 heterocycles. The summed E-state index contributed by atoms with van der Waals surface area (Å²) < 4.78 is 35.5. The molecular formula is C23H21ClFNO5. The number of halogens is 2. The molecule has 1 amide bonds. The van der Waals surface area contributed by atoms with E-state index in [9.17, 15) is 9.18 Å². The summed E-state index contributed by atoms with van der Waals surface area (Å²) in [4.78, 5) is 12.7. The average molecular weight is 446 g/mol. The second kappa shape index (κ2) is 9.85. The van der Waals surface area contributed by atoms with Crippen LogP contribution in [-0.4, -0.2) is 25.2 Å². The third-order valence-corrected chi connectivity index (χ3v) is 4.95. The highest BCUT2D eigenvalue weighted by Gasteiger charge is 2.18. The van der Waals surface area contributed by atoms with Gasteiger partial charge in [-0.2, -0.15) is 0 Å². The summed E-state index contributed by atoms with van der Waals surface area (Å²) in [5.41, 5.74) is 0.441. The monoisotopic (exact) mass is 445 g/mol. The van der Waals surface area contributed by atoms with E-state index in [4.69, 9.17) is 30.2 Å². The minimum Gasteiger partial charge on any atom is -0.489 e. The highest BCUT2D eigenvalue weighted by Crippen LogP contribution is 2.29. The standard InChI is InChI=1S/C23H21ClFNO5/c24-15-3-9-21(30-13-18-2-1-11-28-18)20(12-15)26-23(27)22-10-8-19(31-22)14-29-17-6-4-16(25)5-7-17/h3-10,12,18H,1-2,11,13-14H2,(H,26,27). The van der Waals surface area contributed by atoms with Crippen molar-refractivity contribution in [3.8, 4) is 11.5 Å². The zero-order valence-corrected chi connectivity index (χ0v) is 17.4. The maximum Gasteiger partial charge on any atom is 0.291 e. The Bertz CT molecular complexity index is 1030. The Hall–Kier alpha value is -3.03. The summed E-state index contributed by atoms with van der Waals surface area (Å²) >= 11 is 6.09. The molecular weight excluding hydrogens is 425 g/mol. The Labute approximate surface area is 183 Å². The van der Waals surface area contributed by atoms with Gasteiger partial charge in [-0.3, -0.25) is 4.79 Å². The fourth-order valence-corrected chi connectivity index (χ4v) is 3.30. The lowest BCUT2D eigenvalue weighted by Crippen LogP contribution is -2.18. The van der Waals surface area contributed by atoms with Crippen molar-refractivity contribution in [2.24, 2.45) is 0 Å². The molecule has 4 rings (SSSR count). The molecule has 0 aliphatic carbocycles. The molecule has 1 atom stereocenters. The van der Waals surface area contributed by atoms with E-state index in [1.165, 1.54) is 24.3 Å². The van der Waals surface area contributed by atoms with Crippen LogP contribution in [0.25, 0.3) is 0 Å². The Morgan fingerprint density at radius 2 is 1.97 bits per heavy atom. The average Bonchev–Trinajstić information content (AvgIpc) is 3.45. The minimum absolute atomic E-state index is 0.0490. The van der Waals surface area contributed by atoms with Crippen LogP contribution in [0.5, 0.6) is 11.5 Å². The first-order valence-corrected chi connectivity index (χ1v) is 10.3. The van der Waals surface area contributed by atoms with Crippen LogP contribution in [0, 0.1) is 5.82 Å². The molecule has 2 aromatic carbocycles. The Kier molecular flexibility index (Phi) is 6.74. The quantitative estimate of drug-likeness (QED) is 0.498. The number of hydrogen-bond acceptors (Lipinski definition) is 5. The number of ether oxygens (including phenoxy) is 3. The zero-order chi connectivity index (χ0) is 21.6. The van der Waals surface area contributed by atoms with Gasteiger partial charge < -0.3 is 23.9 Å². The highest BCUT2D eigenvalue weighted by atomic mass is 35.5. The van der Waals surface area contributed by atoms with Crippen molar-refractivity contribution >= 4 is 23.2 Å². The highest BCUT2D eigenvalue weighted by molar-refractivity contribution is 6.31. The van der Waals surface area contributed by atoms with Gasteiger partial charge in [0.1, 0.15) is 36.3 Å². The molecule has 6 nitrogen and oxygen atoms in total. The molecule has 1 aliphatic heterocycles. The SMILES string of the molecule is O=C(Nc1cc(Cl)ccc1OCC1CCCO1)c1ccc(COc2ccc(F)cc2)o1. The van der Waals surface area contributed by atoms with Crippen LogP contribution in [-0.2, 0) is 11.3 Å². The van der Waals surface area contributed by atoms with E-state index in [1.54, 1.807) is 30.3 Å². The first-order valence-electron chi connectivity index (χ1n) is 9.89. The Morgan fingerprint density at radius 1 is 1.13 bits per heavy atom. The van der Waals surface area contributed by atoms with E-state index in [1.807, 2.05) is 0 Å². The molecule has 0 spiro atoms. The second-order valence-electron chi connectivity index (χ2n) is 7.05. The van der Waals surface area contributed by atoms with Crippen molar-refractivity contribution in [2.45, 2.75) is 25.6 Å². The predicted octanol–water partition coefficient (Wildman–Crippen LogP) is 5.46. The summed E-state index contributed by atoms with van der Waals surface area (Å²) in [7, 11) is 0. The smallest absolute Gasteiger partial charge is 0.291 e. The van der Waals surface area contributed by atoms with Crippen LogP contribution in [0.3, 0.4) is 0 Å². The number of carbonyl (C=O) groups excluding carboxylic acids is 1. The third kappa shape index (κ3) is 5.77.